The monoisotopic (exact) mass is 335 g/mol. The number of hydrogen-bond donors (Lipinski definition) is 1. The number of nitrogens with zero attached hydrogens (tertiary/aromatic N) is 2. The fourth-order valence-corrected chi connectivity index (χ4v) is 2.78. The maximum Gasteiger partial charge on any atom is 0.410 e. The van der Waals surface area contributed by atoms with Gasteiger partial charge in [0.15, 0.2) is 0 Å². The lowest BCUT2D eigenvalue weighted by Gasteiger charge is -2.34. The first-order valence-electron chi connectivity index (χ1n) is 8.55. The van der Waals surface area contributed by atoms with E-state index < -0.39 is 5.60 Å². The summed E-state index contributed by atoms with van der Waals surface area (Å²) in [6.07, 6.45) is 3.77. The lowest BCUT2D eigenvalue weighted by molar-refractivity contribution is 0.0166. The number of ether oxygens (including phenoxy) is 2. The first-order chi connectivity index (χ1) is 11.4. The number of piperidine rings is 1. The number of likely N-dealkylation sites (tertiary alicyclic amines) is 1. The highest BCUT2D eigenvalue weighted by Gasteiger charge is 2.27. The molecule has 1 N–H and O–H groups in total. The third kappa shape index (κ3) is 6.00. The largest absolute Gasteiger partial charge is 0.481 e. The highest BCUT2D eigenvalue weighted by molar-refractivity contribution is 5.68. The van der Waals surface area contributed by atoms with E-state index in [4.69, 9.17) is 9.47 Å². The normalized spacial score (nSPS) is 18.3. The SMILES string of the molecule is COc1ccc(CNCC2CCCN(C(=O)OC(C)(C)C)C2)cn1. The van der Waals surface area contributed by atoms with Gasteiger partial charge in [0.1, 0.15) is 5.60 Å². The van der Waals surface area contributed by atoms with Crippen molar-refractivity contribution < 1.29 is 14.3 Å². The van der Waals surface area contributed by atoms with E-state index in [0.29, 0.717) is 11.8 Å². The Balaban J connectivity index is 1.75. The molecular formula is C18H29N3O3. The molecular weight excluding hydrogens is 306 g/mol. The van der Waals surface area contributed by atoms with Crippen molar-refractivity contribution in [2.45, 2.75) is 45.8 Å². The molecule has 0 spiro atoms. The van der Waals surface area contributed by atoms with Gasteiger partial charge in [0, 0.05) is 31.9 Å². The van der Waals surface area contributed by atoms with Crippen LogP contribution in [0.1, 0.15) is 39.2 Å². The molecule has 2 heterocycles. The third-order valence-corrected chi connectivity index (χ3v) is 3.94. The lowest BCUT2D eigenvalue weighted by Crippen LogP contribution is -2.45. The van der Waals surface area contributed by atoms with Crippen LogP contribution < -0.4 is 10.1 Å². The molecule has 6 nitrogen and oxygen atoms in total. The number of aromatic nitrogens is 1. The summed E-state index contributed by atoms with van der Waals surface area (Å²) in [7, 11) is 1.61. The summed E-state index contributed by atoms with van der Waals surface area (Å²) >= 11 is 0. The van der Waals surface area contributed by atoms with Crippen molar-refractivity contribution in [3.8, 4) is 5.88 Å². The summed E-state index contributed by atoms with van der Waals surface area (Å²) in [5.74, 6) is 1.08. The van der Waals surface area contributed by atoms with Gasteiger partial charge in [0.05, 0.1) is 7.11 Å². The molecule has 1 aromatic rings. The average molecular weight is 335 g/mol. The highest BCUT2D eigenvalue weighted by atomic mass is 16.6. The van der Waals surface area contributed by atoms with Crippen LogP contribution in [0.25, 0.3) is 0 Å². The minimum atomic E-state index is -0.441. The minimum Gasteiger partial charge on any atom is -0.481 e. The number of nitrogens with one attached hydrogen (secondary N) is 1. The summed E-state index contributed by atoms with van der Waals surface area (Å²) in [6.45, 7) is 8.88. The van der Waals surface area contributed by atoms with E-state index in [0.717, 1.165) is 44.6 Å². The Bertz CT molecular complexity index is 525. The molecule has 1 aliphatic rings. The number of carbonyl (C=O) groups excluding carboxylic acids is 1. The van der Waals surface area contributed by atoms with E-state index in [1.54, 1.807) is 7.11 Å². The van der Waals surface area contributed by atoms with E-state index >= 15 is 0 Å². The molecule has 0 bridgehead atoms. The second kappa shape index (κ2) is 8.33. The Hall–Kier alpha value is -1.82. The highest BCUT2D eigenvalue weighted by Crippen LogP contribution is 2.19. The van der Waals surface area contributed by atoms with Crippen molar-refractivity contribution in [3.63, 3.8) is 0 Å². The Morgan fingerprint density at radius 2 is 2.21 bits per heavy atom. The summed E-state index contributed by atoms with van der Waals surface area (Å²) in [4.78, 5) is 18.2. The van der Waals surface area contributed by atoms with Gasteiger partial charge in [-0.1, -0.05) is 6.07 Å². The van der Waals surface area contributed by atoms with Crippen LogP contribution in [0.3, 0.4) is 0 Å². The standard InChI is InChI=1S/C18H29N3O3/c1-18(2,3)24-17(22)21-9-5-6-15(13-21)11-19-10-14-7-8-16(23-4)20-12-14/h7-8,12,15,19H,5-6,9-11,13H2,1-4H3. The molecule has 1 unspecified atom stereocenters. The summed E-state index contributed by atoms with van der Waals surface area (Å²) in [5, 5.41) is 3.46. The van der Waals surface area contributed by atoms with Crippen molar-refractivity contribution in [2.24, 2.45) is 5.92 Å². The lowest BCUT2D eigenvalue weighted by atomic mass is 9.98. The first kappa shape index (κ1) is 18.5. The van der Waals surface area contributed by atoms with Crippen LogP contribution in [0.4, 0.5) is 4.79 Å². The molecule has 1 amide bonds. The zero-order valence-electron chi connectivity index (χ0n) is 15.2. The van der Waals surface area contributed by atoms with Gasteiger partial charge in [-0.25, -0.2) is 9.78 Å². The average Bonchev–Trinajstić information content (AvgIpc) is 2.54. The molecule has 6 heteroatoms. The molecule has 1 aliphatic heterocycles. The number of rotatable bonds is 5. The topological polar surface area (TPSA) is 63.7 Å². The fourth-order valence-electron chi connectivity index (χ4n) is 2.78. The van der Waals surface area contributed by atoms with E-state index in [9.17, 15) is 4.79 Å². The van der Waals surface area contributed by atoms with Crippen molar-refractivity contribution in [3.05, 3.63) is 23.9 Å². The number of carbonyl (C=O) groups is 1. The Morgan fingerprint density at radius 1 is 1.42 bits per heavy atom. The second-order valence-corrected chi connectivity index (χ2v) is 7.27. The van der Waals surface area contributed by atoms with Crippen LogP contribution in [-0.4, -0.2) is 48.3 Å². The van der Waals surface area contributed by atoms with E-state index in [1.807, 2.05) is 44.0 Å². The molecule has 1 atom stereocenters. The molecule has 0 aromatic carbocycles. The first-order valence-corrected chi connectivity index (χ1v) is 8.55. The number of amides is 1. The van der Waals surface area contributed by atoms with Gasteiger partial charge in [-0.2, -0.15) is 0 Å². The van der Waals surface area contributed by atoms with Gasteiger partial charge in [-0.3, -0.25) is 0 Å². The smallest absolute Gasteiger partial charge is 0.410 e. The molecule has 1 aromatic heterocycles. The fraction of sp³-hybridized carbons (Fsp3) is 0.667. The van der Waals surface area contributed by atoms with Gasteiger partial charge in [-0.05, 0) is 51.6 Å². The van der Waals surface area contributed by atoms with Crippen molar-refractivity contribution in [2.75, 3.05) is 26.7 Å². The van der Waals surface area contributed by atoms with Gasteiger partial charge in [0.25, 0.3) is 0 Å². The van der Waals surface area contributed by atoms with Crippen LogP contribution in [0, 0.1) is 5.92 Å². The molecule has 2 rings (SSSR count). The second-order valence-electron chi connectivity index (χ2n) is 7.27. The summed E-state index contributed by atoms with van der Waals surface area (Å²) < 4.78 is 10.5. The van der Waals surface area contributed by atoms with E-state index in [1.165, 1.54) is 0 Å². The Labute approximate surface area is 144 Å². The van der Waals surface area contributed by atoms with Crippen LogP contribution in [-0.2, 0) is 11.3 Å². The van der Waals surface area contributed by atoms with Gasteiger partial charge >= 0.3 is 6.09 Å². The quantitative estimate of drug-likeness (QED) is 0.896. The molecule has 134 valence electrons. The van der Waals surface area contributed by atoms with Crippen molar-refractivity contribution >= 4 is 6.09 Å². The van der Waals surface area contributed by atoms with Crippen LogP contribution in [0.5, 0.6) is 5.88 Å². The molecule has 1 saturated heterocycles. The zero-order valence-corrected chi connectivity index (χ0v) is 15.2. The minimum absolute atomic E-state index is 0.202. The van der Waals surface area contributed by atoms with Gasteiger partial charge in [0.2, 0.25) is 5.88 Å². The zero-order chi connectivity index (χ0) is 17.6. The summed E-state index contributed by atoms with van der Waals surface area (Å²) in [5.41, 5.74) is 0.680. The summed E-state index contributed by atoms with van der Waals surface area (Å²) in [6, 6.07) is 3.87. The predicted octanol–water partition coefficient (Wildman–Crippen LogP) is 2.83. The van der Waals surface area contributed by atoms with Gasteiger partial charge < -0.3 is 19.7 Å². The van der Waals surface area contributed by atoms with Gasteiger partial charge in [-0.15, -0.1) is 0 Å². The van der Waals surface area contributed by atoms with Crippen LogP contribution in [0.2, 0.25) is 0 Å². The molecule has 0 radical (unpaired) electrons. The number of pyridine rings is 1. The number of hydrogen-bond acceptors (Lipinski definition) is 5. The predicted molar refractivity (Wildman–Crippen MR) is 93.0 cm³/mol. The maximum absolute atomic E-state index is 12.2. The number of methoxy groups -OCH3 is 1. The third-order valence-electron chi connectivity index (χ3n) is 3.94. The molecule has 0 saturated carbocycles. The molecule has 1 fully saturated rings. The maximum atomic E-state index is 12.2. The van der Waals surface area contributed by atoms with Crippen LogP contribution in [0.15, 0.2) is 18.3 Å². The Morgan fingerprint density at radius 3 is 2.83 bits per heavy atom. The molecule has 24 heavy (non-hydrogen) atoms. The van der Waals surface area contributed by atoms with Crippen molar-refractivity contribution in [1.29, 1.82) is 0 Å². The molecule has 0 aliphatic carbocycles. The van der Waals surface area contributed by atoms with E-state index in [-0.39, 0.29) is 6.09 Å². The van der Waals surface area contributed by atoms with Crippen molar-refractivity contribution in [1.82, 2.24) is 15.2 Å². The Kier molecular flexibility index (Phi) is 6.43. The van der Waals surface area contributed by atoms with Crippen LogP contribution >= 0.6 is 0 Å². The van der Waals surface area contributed by atoms with E-state index in [2.05, 4.69) is 10.3 Å².